The van der Waals surface area contributed by atoms with Crippen molar-refractivity contribution in [3.8, 4) is 5.69 Å². The van der Waals surface area contributed by atoms with Crippen LogP contribution < -0.4 is 10.2 Å². The number of nitrogens with one attached hydrogen (secondary N) is 1. The van der Waals surface area contributed by atoms with Gasteiger partial charge in [-0.05, 0) is 54.6 Å². The predicted molar refractivity (Wildman–Crippen MR) is 104 cm³/mol. The highest BCUT2D eigenvalue weighted by Crippen LogP contribution is 2.23. The normalized spacial score (nSPS) is 15.8. The maximum Gasteiger partial charge on any atom is 0.335 e. The fourth-order valence-corrected chi connectivity index (χ4v) is 3.01. The quantitative estimate of drug-likeness (QED) is 0.548. The summed E-state index contributed by atoms with van der Waals surface area (Å²) >= 11 is 5.93. The summed E-state index contributed by atoms with van der Waals surface area (Å²) < 4.78 is 1.80. The molecular weight excluding hydrogens is 380 g/mol. The lowest BCUT2D eigenvalue weighted by Crippen LogP contribution is -2.54. The minimum Gasteiger partial charge on any atom is -0.317 e. The monoisotopic (exact) mass is 392 g/mol. The Hall–Kier alpha value is -3.71. The van der Waals surface area contributed by atoms with Crippen LogP contribution >= 0.6 is 11.6 Å². The van der Waals surface area contributed by atoms with Gasteiger partial charge in [0.05, 0.1) is 5.69 Å². The molecule has 0 saturated carbocycles. The van der Waals surface area contributed by atoms with Gasteiger partial charge >= 0.3 is 6.03 Å². The summed E-state index contributed by atoms with van der Waals surface area (Å²) in [4.78, 5) is 42.2. The zero-order chi connectivity index (χ0) is 19.7. The average molecular weight is 393 g/mol. The van der Waals surface area contributed by atoms with Crippen LogP contribution in [-0.2, 0) is 9.59 Å². The van der Waals surface area contributed by atoms with E-state index in [0.29, 0.717) is 16.4 Å². The molecule has 138 valence electrons. The Morgan fingerprint density at radius 1 is 0.929 bits per heavy atom. The number of carbonyl (C=O) groups is 3. The van der Waals surface area contributed by atoms with Crippen molar-refractivity contribution in [3.05, 3.63) is 83.4 Å². The van der Waals surface area contributed by atoms with Crippen LogP contribution in [0.15, 0.2) is 72.7 Å². The number of barbiturate groups is 1. The molecule has 3 aromatic rings. The molecule has 1 aliphatic rings. The third-order valence-electron chi connectivity index (χ3n) is 4.20. The number of amides is 4. The van der Waals surface area contributed by atoms with Crippen LogP contribution in [0.2, 0.25) is 5.02 Å². The summed E-state index contributed by atoms with van der Waals surface area (Å²) in [5.41, 5.74) is 1.59. The molecule has 0 spiro atoms. The molecule has 1 fully saturated rings. The highest BCUT2D eigenvalue weighted by molar-refractivity contribution is 6.39. The van der Waals surface area contributed by atoms with E-state index in [0.717, 1.165) is 10.6 Å². The number of benzene rings is 1. The van der Waals surface area contributed by atoms with Gasteiger partial charge in [0.25, 0.3) is 11.8 Å². The zero-order valence-electron chi connectivity index (χ0n) is 14.4. The lowest BCUT2D eigenvalue weighted by atomic mass is 10.1. The molecule has 0 unspecified atom stereocenters. The molecule has 8 heteroatoms. The number of pyridine rings is 1. The van der Waals surface area contributed by atoms with Crippen molar-refractivity contribution in [2.24, 2.45) is 0 Å². The van der Waals surface area contributed by atoms with Gasteiger partial charge in [-0.25, -0.2) is 9.69 Å². The number of halogens is 1. The molecule has 1 saturated heterocycles. The number of nitrogens with zero attached hydrogens (tertiary/aromatic N) is 3. The molecular formula is C20H13ClN4O3. The minimum atomic E-state index is -0.800. The van der Waals surface area contributed by atoms with Gasteiger partial charge in [0, 0.05) is 35.0 Å². The van der Waals surface area contributed by atoms with E-state index >= 15 is 0 Å². The number of urea groups is 1. The topological polar surface area (TPSA) is 84.3 Å². The number of hydrogen-bond donors (Lipinski definition) is 1. The number of aromatic nitrogens is 2. The van der Waals surface area contributed by atoms with Crippen LogP contribution in [0.4, 0.5) is 10.5 Å². The minimum absolute atomic E-state index is 0.148. The van der Waals surface area contributed by atoms with Gasteiger partial charge in [-0.15, -0.1) is 0 Å². The molecule has 1 aliphatic heterocycles. The van der Waals surface area contributed by atoms with E-state index in [-0.39, 0.29) is 5.57 Å². The van der Waals surface area contributed by atoms with Crippen LogP contribution in [-0.4, -0.2) is 27.4 Å². The van der Waals surface area contributed by atoms with E-state index in [1.54, 1.807) is 35.0 Å². The summed E-state index contributed by atoms with van der Waals surface area (Å²) in [7, 11) is 0. The van der Waals surface area contributed by atoms with E-state index in [4.69, 9.17) is 11.6 Å². The molecule has 28 heavy (non-hydrogen) atoms. The number of imide groups is 2. The Bertz CT molecular complexity index is 1100. The summed E-state index contributed by atoms with van der Waals surface area (Å²) in [6.07, 6.45) is 6.17. The van der Waals surface area contributed by atoms with Crippen LogP contribution in [0.3, 0.4) is 0 Å². The van der Waals surface area contributed by atoms with E-state index in [1.807, 2.05) is 12.1 Å². The van der Waals surface area contributed by atoms with E-state index < -0.39 is 17.8 Å². The van der Waals surface area contributed by atoms with Crippen molar-refractivity contribution in [3.63, 3.8) is 0 Å². The highest BCUT2D eigenvalue weighted by atomic mass is 35.5. The fraction of sp³-hybridized carbons (Fsp3) is 0. The van der Waals surface area contributed by atoms with Gasteiger partial charge < -0.3 is 4.57 Å². The third-order valence-corrected chi connectivity index (χ3v) is 4.45. The smallest absolute Gasteiger partial charge is 0.317 e. The van der Waals surface area contributed by atoms with Gasteiger partial charge in [0.15, 0.2) is 0 Å². The van der Waals surface area contributed by atoms with Crippen molar-refractivity contribution in [1.29, 1.82) is 0 Å². The number of rotatable bonds is 3. The molecule has 0 atom stereocenters. The highest BCUT2D eigenvalue weighted by Gasteiger charge is 2.36. The first-order valence-electron chi connectivity index (χ1n) is 8.29. The Balaban J connectivity index is 1.74. The maximum absolute atomic E-state index is 12.9. The van der Waals surface area contributed by atoms with Crippen molar-refractivity contribution < 1.29 is 14.4 Å². The van der Waals surface area contributed by atoms with Crippen LogP contribution in [0, 0.1) is 0 Å². The molecule has 0 radical (unpaired) electrons. The first kappa shape index (κ1) is 17.7. The second-order valence-electron chi connectivity index (χ2n) is 5.94. The summed E-state index contributed by atoms with van der Waals surface area (Å²) in [5.74, 6) is -1.45. The van der Waals surface area contributed by atoms with Crippen molar-refractivity contribution in [1.82, 2.24) is 14.9 Å². The second kappa shape index (κ2) is 7.13. The van der Waals surface area contributed by atoms with Crippen LogP contribution in [0.1, 0.15) is 5.69 Å². The largest absolute Gasteiger partial charge is 0.335 e. The molecule has 1 N–H and O–H groups in total. The van der Waals surface area contributed by atoms with Gasteiger partial charge in [-0.2, -0.15) is 0 Å². The Morgan fingerprint density at radius 3 is 2.36 bits per heavy atom. The van der Waals surface area contributed by atoms with Gasteiger partial charge in [-0.1, -0.05) is 11.6 Å². The molecule has 1 aromatic carbocycles. The van der Waals surface area contributed by atoms with Gasteiger partial charge in [0.2, 0.25) is 0 Å². The molecule has 0 aliphatic carbocycles. The predicted octanol–water partition coefficient (Wildman–Crippen LogP) is 3.19. The molecule has 2 aromatic heterocycles. The van der Waals surface area contributed by atoms with E-state index in [9.17, 15) is 14.4 Å². The maximum atomic E-state index is 12.9. The standard InChI is InChI=1S/C20H13ClN4O3/c21-13-3-5-14(6-4-13)24-11-1-2-16(24)12-17-18(26)23-20(28)25(19(17)27)15-7-9-22-10-8-15/h1-12H,(H,23,26,28)/b17-12+. The average Bonchev–Trinajstić information content (AvgIpc) is 3.15. The first-order valence-corrected chi connectivity index (χ1v) is 8.67. The SMILES string of the molecule is O=C1NC(=O)N(c2ccncc2)C(=O)/C1=C/c1cccn1-c1ccc(Cl)cc1. The zero-order valence-corrected chi connectivity index (χ0v) is 15.1. The Kier molecular flexibility index (Phi) is 4.50. The summed E-state index contributed by atoms with van der Waals surface area (Å²) in [6.45, 7) is 0. The van der Waals surface area contributed by atoms with Gasteiger partial charge in [-0.3, -0.25) is 19.9 Å². The lowest BCUT2D eigenvalue weighted by Gasteiger charge is -2.26. The number of anilines is 1. The summed E-state index contributed by atoms with van der Waals surface area (Å²) in [6, 6.07) is 12.9. The van der Waals surface area contributed by atoms with E-state index in [1.165, 1.54) is 30.6 Å². The van der Waals surface area contributed by atoms with Gasteiger partial charge in [0.1, 0.15) is 5.57 Å². The molecule has 0 bridgehead atoms. The number of hydrogen-bond acceptors (Lipinski definition) is 4. The second-order valence-corrected chi connectivity index (χ2v) is 6.38. The molecule has 7 nitrogen and oxygen atoms in total. The summed E-state index contributed by atoms with van der Waals surface area (Å²) in [5, 5.41) is 2.80. The Morgan fingerprint density at radius 2 is 1.64 bits per heavy atom. The molecule has 4 rings (SSSR count). The molecule has 4 amide bonds. The van der Waals surface area contributed by atoms with Crippen LogP contribution in [0.5, 0.6) is 0 Å². The third kappa shape index (κ3) is 3.19. The van der Waals surface area contributed by atoms with Crippen LogP contribution in [0.25, 0.3) is 11.8 Å². The lowest BCUT2D eigenvalue weighted by molar-refractivity contribution is -0.122. The number of carbonyl (C=O) groups excluding carboxylic acids is 3. The van der Waals surface area contributed by atoms with Crippen molar-refractivity contribution in [2.45, 2.75) is 0 Å². The van der Waals surface area contributed by atoms with Crippen molar-refractivity contribution >= 4 is 41.2 Å². The van der Waals surface area contributed by atoms with Crippen molar-refractivity contribution in [2.75, 3.05) is 4.90 Å². The molecule has 3 heterocycles. The first-order chi connectivity index (χ1) is 13.5. The van der Waals surface area contributed by atoms with E-state index in [2.05, 4.69) is 10.3 Å². The Labute approximate surface area is 164 Å². The fourth-order valence-electron chi connectivity index (χ4n) is 2.88.